The van der Waals surface area contributed by atoms with Crippen LogP contribution >= 0.6 is 0 Å². The lowest BCUT2D eigenvalue weighted by Crippen LogP contribution is -2.26. The van der Waals surface area contributed by atoms with E-state index in [0.717, 1.165) is 22.3 Å². The SMILES string of the molecule is Cc1ccc(S(=O)(=O)CCCNC(=O)c2cc(Oc3ccc4c(c3)nc(Nc3cccc(C(C)C)c3)n4C)ccn2)cc1. The number of rotatable bonds is 11. The molecule has 10 heteroatoms. The summed E-state index contributed by atoms with van der Waals surface area (Å²) in [5.74, 6) is 1.68. The number of carbonyl (C=O) groups is 1. The van der Waals surface area contributed by atoms with Crippen molar-refractivity contribution < 1.29 is 17.9 Å². The Balaban J connectivity index is 1.20. The Morgan fingerprint density at radius 2 is 1.74 bits per heavy atom. The summed E-state index contributed by atoms with van der Waals surface area (Å²) in [6.07, 6.45) is 1.78. The van der Waals surface area contributed by atoms with Crippen molar-refractivity contribution in [3.63, 3.8) is 0 Å². The van der Waals surface area contributed by atoms with E-state index < -0.39 is 15.7 Å². The standard InChI is InChI=1S/C33H35N5O4S/c1-22(2)24-7-5-8-25(19-24)36-33-37-29-20-26(11-14-31(29)38(33)4)42-27-15-17-34-30(21-27)32(39)35-16-6-18-43(40,41)28-12-9-23(3)10-13-28/h5,7-15,17,19-22H,6,16,18H2,1-4H3,(H,35,39)(H,36,37). The molecule has 0 bridgehead atoms. The topological polar surface area (TPSA) is 115 Å². The molecule has 0 atom stereocenters. The number of ether oxygens (including phenoxy) is 1. The molecule has 5 aromatic rings. The number of aromatic nitrogens is 3. The van der Waals surface area contributed by atoms with Gasteiger partial charge in [-0.2, -0.15) is 0 Å². The Labute approximate surface area is 251 Å². The molecule has 0 aliphatic rings. The van der Waals surface area contributed by atoms with Crippen LogP contribution in [0.25, 0.3) is 11.0 Å². The number of hydrogen-bond acceptors (Lipinski definition) is 7. The largest absolute Gasteiger partial charge is 0.457 e. The van der Waals surface area contributed by atoms with E-state index in [2.05, 4.69) is 41.6 Å². The highest BCUT2D eigenvalue weighted by molar-refractivity contribution is 7.91. The maximum atomic E-state index is 12.7. The molecule has 0 saturated heterocycles. The van der Waals surface area contributed by atoms with Gasteiger partial charge in [-0.1, -0.05) is 43.7 Å². The van der Waals surface area contributed by atoms with E-state index in [4.69, 9.17) is 9.72 Å². The summed E-state index contributed by atoms with van der Waals surface area (Å²) >= 11 is 0. The normalized spacial score (nSPS) is 11.6. The monoisotopic (exact) mass is 597 g/mol. The highest BCUT2D eigenvalue weighted by atomic mass is 32.2. The summed E-state index contributed by atoms with van der Waals surface area (Å²) in [6.45, 7) is 6.43. The molecule has 5 rings (SSSR count). The number of fused-ring (bicyclic) bond motifs is 1. The number of sulfone groups is 1. The third kappa shape index (κ3) is 7.21. The minimum atomic E-state index is -3.42. The van der Waals surface area contributed by atoms with E-state index in [0.29, 0.717) is 23.4 Å². The van der Waals surface area contributed by atoms with Crippen molar-refractivity contribution in [1.82, 2.24) is 19.9 Å². The predicted octanol–water partition coefficient (Wildman–Crippen LogP) is 6.53. The van der Waals surface area contributed by atoms with Crippen LogP contribution in [0.3, 0.4) is 0 Å². The molecule has 0 saturated carbocycles. The van der Waals surface area contributed by atoms with Gasteiger partial charge in [0.15, 0.2) is 9.84 Å². The van der Waals surface area contributed by atoms with Gasteiger partial charge in [-0.15, -0.1) is 0 Å². The molecule has 2 N–H and O–H groups in total. The lowest BCUT2D eigenvalue weighted by molar-refractivity contribution is 0.0948. The first-order valence-electron chi connectivity index (χ1n) is 14.1. The van der Waals surface area contributed by atoms with Gasteiger partial charge in [-0.05, 0) is 67.3 Å². The Bertz CT molecular complexity index is 1860. The highest BCUT2D eigenvalue weighted by Gasteiger charge is 2.15. The van der Waals surface area contributed by atoms with Crippen LogP contribution in [0.1, 0.15) is 47.8 Å². The fourth-order valence-corrected chi connectivity index (χ4v) is 5.92. The maximum Gasteiger partial charge on any atom is 0.270 e. The van der Waals surface area contributed by atoms with E-state index in [1.165, 1.54) is 11.8 Å². The van der Waals surface area contributed by atoms with E-state index in [-0.39, 0.29) is 29.3 Å². The Morgan fingerprint density at radius 1 is 0.977 bits per heavy atom. The molecular weight excluding hydrogens is 562 g/mol. The van der Waals surface area contributed by atoms with Crippen molar-refractivity contribution in [3.05, 3.63) is 102 Å². The summed E-state index contributed by atoms with van der Waals surface area (Å²) in [6, 6.07) is 23.9. The van der Waals surface area contributed by atoms with Gasteiger partial charge in [-0.25, -0.2) is 13.4 Å². The van der Waals surface area contributed by atoms with Crippen LogP contribution in [-0.2, 0) is 16.9 Å². The van der Waals surface area contributed by atoms with Crippen molar-refractivity contribution in [2.75, 3.05) is 17.6 Å². The van der Waals surface area contributed by atoms with Gasteiger partial charge in [0.1, 0.15) is 17.2 Å². The second kappa shape index (κ2) is 12.7. The van der Waals surface area contributed by atoms with Gasteiger partial charge in [0.2, 0.25) is 5.95 Å². The molecule has 0 aliphatic carbocycles. The highest BCUT2D eigenvalue weighted by Crippen LogP contribution is 2.29. The van der Waals surface area contributed by atoms with Crippen LogP contribution in [0.5, 0.6) is 11.5 Å². The molecule has 2 aromatic heterocycles. The zero-order chi connectivity index (χ0) is 30.6. The van der Waals surface area contributed by atoms with Crippen LogP contribution in [-0.4, -0.2) is 41.2 Å². The Kier molecular flexibility index (Phi) is 8.77. The molecular formula is C33H35N5O4S. The smallest absolute Gasteiger partial charge is 0.270 e. The molecule has 0 spiro atoms. The van der Waals surface area contributed by atoms with Crippen molar-refractivity contribution in [1.29, 1.82) is 0 Å². The number of imidazole rings is 1. The number of carbonyl (C=O) groups excluding carboxylic acids is 1. The third-order valence-corrected chi connectivity index (χ3v) is 8.93. The molecule has 2 heterocycles. The molecule has 9 nitrogen and oxygen atoms in total. The van der Waals surface area contributed by atoms with Crippen molar-refractivity contribution in [2.45, 2.75) is 38.0 Å². The number of nitrogens with zero attached hydrogens (tertiary/aromatic N) is 3. The summed E-state index contributed by atoms with van der Waals surface area (Å²) in [4.78, 5) is 21.9. The van der Waals surface area contributed by atoms with Crippen molar-refractivity contribution in [3.8, 4) is 11.5 Å². The van der Waals surface area contributed by atoms with Gasteiger partial charge < -0.3 is 19.9 Å². The number of nitrogens with one attached hydrogen (secondary N) is 2. The maximum absolute atomic E-state index is 12.7. The fourth-order valence-electron chi connectivity index (χ4n) is 4.61. The average molecular weight is 598 g/mol. The van der Waals surface area contributed by atoms with Gasteiger partial charge in [-0.3, -0.25) is 9.78 Å². The molecule has 0 fully saturated rings. The molecule has 0 radical (unpaired) electrons. The molecule has 43 heavy (non-hydrogen) atoms. The van der Waals surface area contributed by atoms with E-state index in [1.807, 2.05) is 48.9 Å². The summed E-state index contributed by atoms with van der Waals surface area (Å²) in [5, 5.41) is 6.15. The van der Waals surface area contributed by atoms with Crippen LogP contribution < -0.4 is 15.4 Å². The van der Waals surface area contributed by atoms with Crippen molar-refractivity contribution >= 4 is 38.4 Å². The second-order valence-electron chi connectivity index (χ2n) is 10.8. The molecule has 222 valence electrons. The molecule has 3 aromatic carbocycles. The first-order chi connectivity index (χ1) is 20.6. The van der Waals surface area contributed by atoms with E-state index in [9.17, 15) is 13.2 Å². The zero-order valence-electron chi connectivity index (χ0n) is 24.7. The van der Waals surface area contributed by atoms with Crippen molar-refractivity contribution in [2.24, 2.45) is 7.05 Å². The summed E-state index contributed by atoms with van der Waals surface area (Å²) in [7, 11) is -1.46. The fraction of sp³-hybridized carbons (Fsp3) is 0.242. The van der Waals surface area contributed by atoms with Gasteiger partial charge in [0.05, 0.1) is 21.7 Å². The molecule has 0 unspecified atom stereocenters. The minimum Gasteiger partial charge on any atom is -0.457 e. The number of anilines is 2. The second-order valence-corrected chi connectivity index (χ2v) is 12.9. The quantitative estimate of drug-likeness (QED) is 0.166. The van der Waals surface area contributed by atoms with Crippen LogP contribution in [0.4, 0.5) is 11.6 Å². The zero-order valence-corrected chi connectivity index (χ0v) is 25.5. The Hall–Kier alpha value is -4.70. The molecule has 1 amide bonds. The minimum absolute atomic E-state index is 0.0650. The van der Waals surface area contributed by atoms with Gasteiger partial charge >= 0.3 is 0 Å². The van der Waals surface area contributed by atoms with Gasteiger partial charge in [0, 0.05) is 37.6 Å². The van der Waals surface area contributed by atoms with E-state index in [1.54, 1.807) is 36.4 Å². The van der Waals surface area contributed by atoms with Crippen LogP contribution in [0.15, 0.2) is 90.0 Å². The number of pyridine rings is 1. The first kappa shape index (κ1) is 29.8. The number of benzene rings is 3. The van der Waals surface area contributed by atoms with E-state index >= 15 is 0 Å². The third-order valence-electron chi connectivity index (χ3n) is 7.12. The van der Waals surface area contributed by atoms with Gasteiger partial charge in [0.25, 0.3) is 5.91 Å². The number of amides is 1. The predicted molar refractivity (Wildman–Crippen MR) is 169 cm³/mol. The Morgan fingerprint density at radius 3 is 2.51 bits per heavy atom. The lowest BCUT2D eigenvalue weighted by atomic mass is 10.0. The molecule has 0 aliphatic heterocycles. The summed E-state index contributed by atoms with van der Waals surface area (Å²) in [5.41, 5.74) is 5.08. The van der Waals surface area contributed by atoms with Crippen LogP contribution in [0, 0.1) is 6.92 Å². The summed E-state index contributed by atoms with van der Waals surface area (Å²) < 4.78 is 33.1. The number of aryl methyl sites for hydroxylation is 2. The lowest BCUT2D eigenvalue weighted by Gasteiger charge is -2.10. The average Bonchev–Trinajstić information content (AvgIpc) is 3.29. The first-order valence-corrected chi connectivity index (χ1v) is 15.8. The number of hydrogen-bond donors (Lipinski definition) is 2. The van der Waals surface area contributed by atoms with Crippen LogP contribution in [0.2, 0.25) is 0 Å².